The van der Waals surface area contributed by atoms with E-state index >= 15 is 0 Å². The quantitative estimate of drug-likeness (QED) is 0.433. The SMILES string of the molecule is CCC(C)c1ccc(NC(=O)NN)cc1Cl. The third-order valence-electron chi connectivity index (χ3n) is 2.53. The van der Waals surface area contributed by atoms with Crippen molar-refractivity contribution in [3.63, 3.8) is 0 Å². The molecule has 16 heavy (non-hydrogen) atoms. The van der Waals surface area contributed by atoms with Crippen molar-refractivity contribution in [1.29, 1.82) is 0 Å². The third kappa shape index (κ3) is 3.12. The fraction of sp³-hybridized carbons (Fsp3) is 0.364. The Morgan fingerprint density at radius 2 is 2.25 bits per heavy atom. The van der Waals surface area contributed by atoms with E-state index in [0.717, 1.165) is 12.0 Å². The number of hydrogen-bond acceptors (Lipinski definition) is 2. The number of nitrogens with one attached hydrogen (secondary N) is 2. The molecule has 0 bridgehead atoms. The number of benzene rings is 1. The highest BCUT2D eigenvalue weighted by molar-refractivity contribution is 6.31. The van der Waals surface area contributed by atoms with Crippen LogP contribution in [0.25, 0.3) is 0 Å². The van der Waals surface area contributed by atoms with E-state index in [0.29, 0.717) is 16.6 Å². The highest BCUT2D eigenvalue weighted by atomic mass is 35.5. The molecule has 0 heterocycles. The van der Waals surface area contributed by atoms with Gasteiger partial charge in [-0.3, -0.25) is 5.43 Å². The Balaban J connectivity index is 2.86. The Kier molecular flexibility index (Phi) is 4.58. The number of carbonyl (C=O) groups is 1. The number of hydrogen-bond donors (Lipinski definition) is 3. The first-order chi connectivity index (χ1) is 7.58. The van der Waals surface area contributed by atoms with Crippen LogP contribution < -0.4 is 16.6 Å². The van der Waals surface area contributed by atoms with Crippen LogP contribution >= 0.6 is 11.6 Å². The number of halogens is 1. The zero-order chi connectivity index (χ0) is 12.1. The lowest BCUT2D eigenvalue weighted by molar-refractivity contribution is 0.252. The second kappa shape index (κ2) is 5.72. The molecule has 0 radical (unpaired) electrons. The molecule has 4 N–H and O–H groups in total. The number of carbonyl (C=O) groups excluding carboxylic acids is 1. The zero-order valence-electron chi connectivity index (χ0n) is 9.38. The van der Waals surface area contributed by atoms with Crippen molar-refractivity contribution in [2.45, 2.75) is 26.2 Å². The molecule has 1 unspecified atom stereocenters. The Labute approximate surface area is 100 Å². The van der Waals surface area contributed by atoms with Gasteiger partial charge < -0.3 is 5.32 Å². The molecule has 0 saturated heterocycles. The molecule has 1 aromatic carbocycles. The van der Waals surface area contributed by atoms with Gasteiger partial charge in [-0.2, -0.15) is 0 Å². The molecule has 0 aliphatic carbocycles. The molecule has 0 saturated carbocycles. The van der Waals surface area contributed by atoms with E-state index in [9.17, 15) is 4.79 Å². The van der Waals surface area contributed by atoms with Crippen LogP contribution in [0.1, 0.15) is 31.7 Å². The largest absolute Gasteiger partial charge is 0.333 e. The van der Waals surface area contributed by atoms with Crippen molar-refractivity contribution in [1.82, 2.24) is 5.43 Å². The summed E-state index contributed by atoms with van der Waals surface area (Å²) < 4.78 is 0. The predicted octanol–water partition coefficient (Wildman–Crippen LogP) is 2.85. The summed E-state index contributed by atoms with van der Waals surface area (Å²) in [6.45, 7) is 4.22. The van der Waals surface area contributed by atoms with Crippen LogP contribution in [0.4, 0.5) is 10.5 Å². The van der Waals surface area contributed by atoms with Gasteiger partial charge >= 0.3 is 6.03 Å². The maximum atomic E-state index is 11.0. The fourth-order valence-corrected chi connectivity index (χ4v) is 1.76. The molecule has 5 heteroatoms. The monoisotopic (exact) mass is 241 g/mol. The summed E-state index contributed by atoms with van der Waals surface area (Å²) in [6, 6.07) is 4.98. The number of anilines is 1. The summed E-state index contributed by atoms with van der Waals surface area (Å²) in [5, 5.41) is 3.21. The molecule has 4 nitrogen and oxygen atoms in total. The van der Waals surface area contributed by atoms with Gasteiger partial charge in [-0.1, -0.05) is 31.5 Å². The van der Waals surface area contributed by atoms with E-state index in [4.69, 9.17) is 17.4 Å². The summed E-state index contributed by atoms with van der Waals surface area (Å²) in [7, 11) is 0. The molecule has 1 atom stereocenters. The summed E-state index contributed by atoms with van der Waals surface area (Å²) in [6.07, 6.45) is 1.02. The Hall–Kier alpha value is -1.26. The maximum Gasteiger partial charge on any atom is 0.333 e. The molecule has 1 rings (SSSR count). The fourth-order valence-electron chi connectivity index (χ4n) is 1.39. The van der Waals surface area contributed by atoms with Gasteiger partial charge in [0, 0.05) is 10.7 Å². The van der Waals surface area contributed by atoms with Crippen molar-refractivity contribution in [3.8, 4) is 0 Å². The Bertz CT molecular complexity index is 381. The molecule has 1 aromatic rings. The summed E-state index contributed by atoms with van der Waals surface area (Å²) in [5.41, 5.74) is 3.70. The number of amides is 2. The van der Waals surface area contributed by atoms with Gasteiger partial charge in [0.2, 0.25) is 0 Å². The minimum atomic E-state index is -0.465. The van der Waals surface area contributed by atoms with Crippen molar-refractivity contribution < 1.29 is 4.79 Å². The second-order valence-corrected chi connectivity index (χ2v) is 4.05. The minimum absolute atomic E-state index is 0.407. The van der Waals surface area contributed by atoms with Gasteiger partial charge in [0.25, 0.3) is 0 Å². The average Bonchev–Trinajstić information content (AvgIpc) is 2.28. The highest BCUT2D eigenvalue weighted by Gasteiger charge is 2.09. The van der Waals surface area contributed by atoms with Crippen LogP contribution in [0.5, 0.6) is 0 Å². The first-order valence-electron chi connectivity index (χ1n) is 5.15. The lowest BCUT2D eigenvalue weighted by Crippen LogP contribution is -2.34. The molecule has 0 aromatic heterocycles. The second-order valence-electron chi connectivity index (χ2n) is 3.64. The van der Waals surface area contributed by atoms with E-state index in [-0.39, 0.29) is 0 Å². The van der Waals surface area contributed by atoms with Gasteiger partial charge in [-0.05, 0) is 30.0 Å². The molecular formula is C11H16ClN3O. The van der Waals surface area contributed by atoms with Gasteiger partial charge in [0.1, 0.15) is 0 Å². The predicted molar refractivity (Wildman–Crippen MR) is 66.5 cm³/mol. The van der Waals surface area contributed by atoms with Crippen LogP contribution in [0, 0.1) is 0 Å². The number of rotatable bonds is 3. The average molecular weight is 242 g/mol. The summed E-state index contributed by atoms with van der Waals surface area (Å²) >= 11 is 6.13. The van der Waals surface area contributed by atoms with E-state index < -0.39 is 6.03 Å². The van der Waals surface area contributed by atoms with Gasteiger partial charge in [0.05, 0.1) is 0 Å². The van der Waals surface area contributed by atoms with E-state index in [1.54, 1.807) is 6.07 Å². The summed E-state index contributed by atoms with van der Waals surface area (Å²) in [4.78, 5) is 11.0. The lowest BCUT2D eigenvalue weighted by Gasteiger charge is -2.12. The minimum Gasteiger partial charge on any atom is -0.307 e. The Morgan fingerprint density at radius 1 is 1.56 bits per heavy atom. The molecule has 2 amide bonds. The summed E-state index contributed by atoms with van der Waals surface area (Å²) in [5.74, 6) is 5.37. The van der Waals surface area contributed by atoms with Crippen LogP contribution in [0.3, 0.4) is 0 Å². The van der Waals surface area contributed by atoms with Gasteiger partial charge in [0.15, 0.2) is 0 Å². The van der Waals surface area contributed by atoms with Crippen LogP contribution in [-0.4, -0.2) is 6.03 Å². The topological polar surface area (TPSA) is 67.2 Å². The van der Waals surface area contributed by atoms with Gasteiger partial charge in [-0.25, -0.2) is 10.6 Å². The molecule has 0 spiro atoms. The zero-order valence-corrected chi connectivity index (χ0v) is 10.1. The van der Waals surface area contributed by atoms with Crippen molar-refractivity contribution in [2.75, 3.05) is 5.32 Å². The van der Waals surface area contributed by atoms with Crippen LogP contribution in [-0.2, 0) is 0 Å². The van der Waals surface area contributed by atoms with Gasteiger partial charge in [-0.15, -0.1) is 0 Å². The third-order valence-corrected chi connectivity index (χ3v) is 2.86. The van der Waals surface area contributed by atoms with Crippen molar-refractivity contribution >= 4 is 23.3 Å². The number of hydrazine groups is 1. The van der Waals surface area contributed by atoms with Crippen LogP contribution in [0.15, 0.2) is 18.2 Å². The lowest BCUT2D eigenvalue weighted by atomic mass is 9.98. The molecular weight excluding hydrogens is 226 g/mol. The normalized spacial score (nSPS) is 12.0. The molecule has 0 fully saturated rings. The first-order valence-corrected chi connectivity index (χ1v) is 5.53. The van der Waals surface area contributed by atoms with E-state index in [1.807, 2.05) is 17.6 Å². The molecule has 88 valence electrons. The van der Waals surface area contributed by atoms with Crippen LogP contribution in [0.2, 0.25) is 5.02 Å². The molecule has 0 aliphatic heterocycles. The number of urea groups is 1. The van der Waals surface area contributed by atoms with E-state index in [2.05, 4.69) is 19.2 Å². The number of nitrogens with two attached hydrogens (primary N) is 1. The van der Waals surface area contributed by atoms with E-state index in [1.165, 1.54) is 0 Å². The maximum absolute atomic E-state index is 11.0. The highest BCUT2D eigenvalue weighted by Crippen LogP contribution is 2.28. The first kappa shape index (κ1) is 12.8. The smallest absolute Gasteiger partial charge is 0.307 e. The molecule has 0 aliphatic rings. The van der Waals surface area contributed by atoms with Crippen molar-refractivity contribution in [2.24, 2.45) is 5.84 Å². The standard InChI is InChI=1S/C11H16ClN3O/c1-3-7(2)9-5-4-8(6-10(9)12)14-11(16)15-13/h4-7H,3,13H2,1-2H3,(H2,14,15,16). The Morgan fingerprint density at radius 3 is 2.75 bits per heavy atom. The van der Waals surface area contributed by atoms with Crippen molar-refractivity contribution in [3.05, 3.63) is 28.8 Å².